The van der Waals surface area contributed by atoms with Gasteiger partial charge in [0.15, 0.2) is 0 Å². The fourth-order valence-corrected chi connectivity index (χ4v) is 3.24. The largest absolute Gasteiger partial charge is 0.462 e. The Bertz CT molecular complexity index is 438. The molecule has 0 amide bonds. The van der Waals surface area contributed by atoms with Crippen LogP contribution in [0, 0.1) is 5.82 Å². The second-order valence-electron chi connectivity index (χ2n) is 6.75. The second-order valence-corrected chi connectivity index (χ2v) is 6.75. The molecule has 2 N–H and O–H groups in total. The Labute approximate surface area is 113 Å². The zero-order valence-electron chi connectivity index (χ0n) is 12.0. The van der Waals surface area contributed by atoms with Gasteiger partial charge in [0.2, 0.25) is 5.79 Å². The quantitative estimate of drug-likeness (QED) is 0.810. The molecule has 1 fully saturated rings. The third kappa shape index (κ3) is 3.67. The van der Waals surface area contributed by atoms with E-state index in [1.807, 2.05) is 27.7 Å². The van der Waals surface area contributed by atoms with Crippen LogP contribution in [0.1, 0.15) is 40.5 Å². The number of ether oxygens (including phenoxy) is 1. The van der Waals surface area contributed by atoms with Crippen LogP contribution in [0.15, 0.2) is 24.3 Å². The highest BCUT2D eigenvalue weighted by Gasteiger charge is 2.47. The molecular formula is C15H22FNO2. The first-order valence-electron chi connectivity index (χ1n) is 6.56. The number of piperidine rings is 1. The van der Waals surface area contributed by atoms with Crippen molar-refractivity contribution < 1.29 is 14.2 Å². The maximum Gasteiger partial charge on any atom is 0.211 e. The van der Waals surface area contributed by atoms with Gasteiger partial charge in [-0.25, -0.2) is 4.39 Å². The van der Waals surface area contributed by atoms with Crippen molar-refractivity contribution in [2.45, 2.75) is 57.4 Å². The first-order valence-corrected chi connectivity index (χ1v) is 6.56. The molecular weight excluding hydrogens is 245 g/mol. The lowest BCUT2D eigenvalue weighted by Gasteiger charge is -2.50. The summed E-state index contributed by atoms with van der Waals surface area (Å²) in [6.07, 6.45) is 0.946. The fraction of sp³-hybridized carbons (Fsp3) is 0.600. The number of halogens is 1. The van der Waals surface area contributed by atoms with Gasteiger partial charge in [0.1, 0.15) is 11.6 Å². The third-order valence-corrected chi connectivity index (χ3v) is 3.23. The summed E-state index contributed by atoms with van der Waals surface area (Å²) in [6.45, 7) is 8.14. The number of nitrogens with one attached hydrogen (secondary N) is 1. The summed E-state index contributed by atoms with van der Waals surface area (Å²) >= 11 is 0. The maximum absolute atomic E-state index is 12.9. The van der Waals surface area contributed by atoms with E-state index < -0.39 is 5.79 Å². The van der Waals surface area contributed by atoms with Crippen molar-refractivity contribution in [2.75, 3.05) is 0 Å². The Morgan fingerprint density at radius 2 is 1.53 bits per heavy atom. The van der Waals surface area contributed by atoms with Gasteiger partial charge in [-0.2, -0.15) is 0 Å². The van der Waals surface area contributed by atoms with E-state index in [9.17, 15) is 9.50 Å². The van der Waals surface area contributed by atoms with Gasteiger partial charge in [-0.3, -0.25) is 0 Å². The van der Waals surface area contributed by atoms with Crippen molar-refractivity contribution in [1.29, 1.82) is 0 Å². The zero-order chi connectivity index (χ0) is 14.3. The smallest absolute Gasteiger partial charge is 0.211 e. The van der Waals surface area contributed by atoms with Crippen LogP contribution in [0.3, 0.4) is 0 Å². The molecule has 1 saturated heterocycles. The molecule has 19 heavy (non-hydrogen) atoms. The van der Waals surface area contributed by atoms with Gasteiger partial charge < -0.3 is 15.2 Å². The Morgan fingerprint density at radius 3 is 2.00 bits per heavy atom. The zero-order valence-corrected chi connectivity index (χ0v) is 12.0. The Kier molecular flexibility index (Phi) is 3.35. The first-order chi connectivity index (χ1) is 8.59. The summed E-state index contributed by atoms with van der Waals surface area (Å²) in [5, 5.41) is 14.2. The average Bonchev–Trinajstić information content (AvgIpc) is 2.15. The molecule has 0 bridgehead atoms. The molecule has 1 aliphatic rings. The molecule has 0 saturated carbocycles. The number of rotatable bonds is 2. The molecule has 1 heterocycles. The lowest BCUT2D eigenvalue weighted by Crippen LogP contribution is -2.65. The van der Waals surface area contributed by atoms with Gasteiger partial charge in [0.25, 0.3) is 0 Å². The van der Waals surface area contributed by atoms with E-state index in [-0.39, 0.29) is 16.9 Å². The SMILES string of the molecule is CC1(C)CC(O)(Oc2ccc(F)cc2)CC(C)(C)N1. The third-order valence-electron chi connectivity index (χ3n) is 3.23. The van der Waals surface area contributed by atoms with Crippen LogP contribution in [-0.4, -0.2) is 22.0 Å². The van der Waals surface area contributed by atoms with Crippen LogP contribution < -0.4 is 10.1 Å². The van der Waals surface area contributed by atoms with Gasteiger partial charge in [0, 0.05) is 23.9 Å². The van der Waals surface area contributed by atoms with E-state index in [0.29, 0.717) is 18.6 Å². The molecule has 1 aromatic carbocycles. The van der Waals surface area contributed by atoms with Gasteiger partial charge in [-0.05, 0) is 52.0 Å². The van der Waals surface area contributed by atoms with Crippen LogP contribution in [0.2, 0.25) is 0 Å². The Hall–Kier alpha value is -1.13. The van der Waals surface area contributed by atoms with Gasteiger partial charge in [-0.1, -0.05) is 0 Å². The van der Waals surface area contributed by atoms with Crippen LogP contribution in [0.25, 0.3) is 0 Å². The van der Waals surface area contributed by atoms with Crippen molar-refractivity contribution in [3.63, 3.8) is 0 Å². The summed E-state index contributed by atoms with van der Waals surface area (Å²) in [4.78, 5) is 0. The lowest BCUT2D eigenvalue weighted by atomic mass is 9.78. The van der Waals surface area contributed by atoms with E-state index in [4.69, 9.17) is 4.74 Å². The number of hydrogen-bond acceptors (Lipinski definition) is 3. The minimum atomic E-state index is -1.24. The van der Waals surface area contributed by atoms with Crippen LogP contribution in [-0.2, 0) is 0 Å². The highest BCUT2D eigenvalue weighted by Crippen LogP contribution is 2.37. The summed E-state index contributed by atoms with van der Waals surface area (Å²) in [5.41, 5.74) is -0.451. The fourth-order valence-electron chi connectivity index (χ4n) is 3.24. The van der Waals surface area contributed by atoms with Gasteiger partial charge >= 0.3 is 0 Å². The Balaban J connectivity index is 2.19. The van der Waals surface area contributed by atoms with Crippen molar-refractivity contribution in [2.24, 2.45) is 0 Å². The summed E-state index contributed by atoms with van der Waals surface area (Å²) in [5.74, 6) is -1.07. The van der Waals surface area contributed by atoms with Gasteiger partial charge in [-0.15, -0.1) is 0 Å². The van der Waals surface area contributed by atoms with Crippen LogP contribution in [0.4, 0.5) is 4.39 Å². The Morgan fingerprint density at radius 1 is 1.05 bits per heavy atom. The van der Waals surface area contributed by atoms with E-state index in [2.05, 4.69) is 5.32 Å². The monoisotopic (exact) mass is 267 g/mol. The molecule has 0 spiro atoms. The van der Waals surface area contributed by atoms with Crippen LogP contribution in [0.5, 0.6) is 5.75 Å². The molecule has 0 radical (unpaired) electrons. The number of hydrogen-bond donors (Lipinski definition) is 2. The van der Waals surface area contributed by atoms with E-state index in [1.165, 1.54) is 24.3 Å². The lowest BCUT2D eigenvalue weighted by molar-refractivity contribution is -0.190. The molecule has 0 unspecified atom stereocenters. The molecule has 4 heteroatoms. The van der Waals surface area contributed by atoms with E-state index >= 15 is 0 Å². The molecule has 1 aliphatic heterocycles. The topological polar surface area (TPSA) is 41.5 Å². The highest BCUT2D eigenvalue weighted by molar-refractivity contribution is 5.23. The average molecular weight is 267 g/mol. The molecule has 1 aromatic rings. The van der Waals surface area contributed by atoms with Crippen LogP contribution >= 0.6 is 0 Å². The second kappa shape index (κ2) is 4.46. The molecule has 0 aromatic heterocycles. The number of benzene rings is 1. The highest BCUT2D eigenvalue weighted by atomic mass is 19.1. The normalized spacial score (nSPS) is 23.9. The molecule has 0 atom stereocenters. The molecule has 3 nitrogen and oxygen atoms in total. The number of aliphatic hydroxyl groups is 1. The first kappa shape index (κ1) is 14.3. The standard InChI is InChI=1S/C15H22FNO2/c1-13(2)9-15(18,10-14(3,4)17-13)19-12-7-5-11(16)6-8-12/h5-8,17-18H,9-10H2,1-4H3. The van der Waals surface area contributed by atoms with Crippen molar-refractivity contribution in [3.05, 3.63) is 30.1 Å². The summed E-state index contributed by atoms with van der Waals surface area (Å²) in [7, 11) is 0. The van der Waals surface area contributed by atoms with Crippen molar-refractivity contribution in [1.82, 2.24) is 5.32 Å². The van der Waals surface area contributed by atoms with Crippen molar-refractivity contribution in [3.8, 4) is 5.75 Å². The predicted octanol–water partition coefficient (Wildman–Crippen LogP) is 2.83. The summed E-state index contributed by atoms with van der Waals surface area (Å²) in [6, 6.07) is 5.73. The van der Waals surface area contributed by atoms with Gasteiger partial charge in [0.05, 0.1) is 0 Å². The summed E-state index contributed by atoms with van der Waals surface area (Å²) < 4.78 is 18.6. The predicted molar refractivity (Wildman–Crippen MR) is 72.5 cm³/mol. The molecule has 2 rings (SSSR count). The minimum Gasteiger partial charge on any atom is -0.462 e. The molecule has 106 valence electrons. The van der Waals surface area contributed by atoms with E-state index in [0.717, 1.165) is 0 Å². The minimum absolute atomic E-state index is 0.226. The van der Waals surface area contributed by atoms with E-state index in [1.54, 1.807) is 0 Å². The molecule has 0 aliphatic carbocycles. The van der Waals surface area contributed by atoms with Crippen molar-refractivity contribution >= 4 is 0 Å². The maximum atomic E-state index is 12.9.